The first kappa shape index (κ1) is 19.1. The highest BCUT2D eigenvalue weighted by molar-refractivity contribution is 7.58. The van der Waals surface area contributed by atoms with E-state index in [1.165, 1.54) is 0 Å². The van der Waals surface area contributed by atoms with Gasteiger partial charge in [-0.15, -0.1) is 0 Å². The van der Waals surface area contributed by atoms with E-state index < -0.39 is 7.94 Å². The molecule has 2 heterocycles. The van der Waals surface area contributed by atoms with Crippen molar-refractivity contribution in [3.05, 3.63) is 24.4 Å². The van der Waals surface area contributed by atoms with Crippen LogP contribution in [0.1, 0.15) is 19.3 Å². The number of methoxy groups -OCH3 is 2. The molecule has 7 nitrogen and oxygen atoms in total. The molecule has 0 spiro atoms. The van der Waals surface area contributed by atoms with E-state index in [9.17, 15) is 14.7 Å². The van der Waals surface area contributed by atoms with Crippen LogP contribution < -0.4 is 14.4 Å². The molecule has 0 bridgehead atoms. The van der Waals surface area contributed by atoms with E-state index in [0.717, 1.165) is 42.5 Å². The molecule has 1 aromatic heterocycles. The Bertz CT molecular complexity index is 757. The molecule has 2 aromatic rings. The Labute approximate surface area is 153 Å². The number of hydrogen-bond acceptors (Lipinski definition) is 7. The van der Waals surface area contributed by atoms with Crippen molar-refractivity contribution in [1.29, 1.82) is 0 Å². The van der Waals surface area contributed by atoms with Crippen molar-refractivity contribution < 1.29 is 24.2 Å². The highest BCUT2D eigenvalue weighted by Crippen LogP contribution is 2.46. The van der Waals surface area contributed by atoms with Crippen molar-refractivity contribution in [2.75, 3.05) is 38.4 Å². The fourth-order valence-electron chi connectivity index (χ4n) is 3.55. The van der Waals surface area contributed by atoms with Crippen LogP contribution in [-0.4, -0.2) is 53.1 Å². The first-order valence-electron chi connectivity index (χ1n) is 8.73. The second-order valence-corrected chi connectivity index (χ2v) is 8.52. The molecule has 0 atom stereocenters. The van der Waals surface area contributed by atoms with E-state index in [1.807, 2.05) is 18.2 Å². The van der Waals surface area contributed by atoms with Crippen molar-refractivity contribution in [3.8, 4) is 11.5 Å². The highest BCUT2D eigenvalue weighted by atomic mass is 31.2. The molecule has 3 N–H and O–H groups in total. The molecule has 26 heavy (non-hydrogen) atoms. The average Bonchev–Trinajstić information content (AvgIpc) is 2.64. The van der Waals surface area contributed by atoms with Crippen LogP contribution in [0.4, 0.5) is 5.69 Å². The van der Waals surface area contributed by atoms with Crippen LogP contribution >= 0.6 is 7.94 Å². The summed E-state index contributed by atoms with van der Waals surface area (Å²) in [6, 6.07) is 5.86. The van der Waals surface area contributed by atoms with Gasteiger partial charge in [0.1, 0.15) is 6.16 Å². The van der Waals surface area contributed by atoms with Gasteiger partial charge in [-0.05, 0) is 37.3 Å². The maximum atomic E-state index is 9.17. The zero-order chi connectivity index (χ0) is 18.7. The molecule has 0 aliphatic carbocycles. The fraction of sp³-hybridized carbons (Fsp3) is 0.500. The summed E-state index contributed by atoms with van der Waals surface area (Å²) in [7, 11) is -0.419. The quantitative estimate of drug-likeness (QED) is 0.662. The summed E-state index contributed by atoms with van der Waals surface area (Å²) >= 11 is 0. The second kappa shape index (κ2) is 7.92. The van der Waals surface area contributed by atoms with Gasteiger partial charge < -0.3 is 14.4 Å². The third-order valence-electron chi connectivity index (χ3n) is 5.02. The molecule has 0 amide bonds. The monoisotopic (exact) mass is 381 g/mol. The minimum absolute atomic E-state index is 0.0901. The van der Waals surface area contributed by atoms with Crippen molar-refractivity contribution >= 4 is 24.5 Å². The summed E-state index contributed by atoms with van der Waals surface area (Å²) in [5.74, 6) is 1.74. The lowest BCUT2D eigenvalue weighted by molar-refractivity contribution is 0.316. The number of nitrogens with zero attached hydrogens (tertiary/aromatic N) is 2. The van der Waals surface area contributed by atoms with Gasteiger partial charge in [0.2, 0.25) is 0 Å². The number of fused-ring (bicyclic) bond motifs is 1. The molecule has 0 unspecified atom stereocenters. The SMILES string of the molecule is COc1cc2nccc(N3CCC(CC[P+](O)(O)O)CC3)c2cc1OC. The Hall–Kier alpha value is -1.66. The Balaban J connectivity index is 1.77. The third-order valence-corrected chi connectivity index (χ3v) is 5.87. The van der Waals surface area contributed by atoms with Gasteiger partial charge in [-0.2, -0.15) is 14.7 Å². The molecule has 8 heteroatoms. The molecule has 0 radical (unpaired) electrons. The summed E-state index contributed by atoms with van der Waals surface area (Å²) in [5.41, 5.74) is 1.97. The summed E-state index contributed by atoms with van der Waals surface area (Å²) in [6.07, 6.45) is 4.45. The molecule has 1 aromatic carbocycles. The maximum Gasteiger partial charge on any atom is 0.403 e. The van der Waals surface area contributed by atoms with Gasteiger partial charge >= 0.3 is 7.94 Å². The lowest BCUT2D eigenvalue weighted by atomic mass is 9.94. The van der Waals surface area contributed by atoms with Crippen LogP contribution in [0.25, 0.3) is 10.9 Å². The minimum atomic E-state index is -3.65. The molecule has 0 saturated carbocycles. The van der Waals surface area contributed by atoms with Gasteiger partial charge in [0.25, 0.3) is 0 Å². The lowest BCUT2D eigenvalue weighted by Crippen LogP contribution is -2.34. The molecular weight excluding hydrogens is 355 g/mol. The number of benzene rings is 1. The molecule has 1 aliphatic rings. The number of rotatable bonds is 6. The van der Waals surface area contributed by atoms with Crippen LogP contribution in [0.3, 0.4) is 0 Å². The largest absolute Gasteiger partial charge is 0.493 e. The standard InChI is InChI=1S/C18H26N2O5P/c1-24-17-11-14-15(12-18(17)25-2)19-7-3-16(14)20-8-4-13(5-9-20)6-10-26(21,22)23/h3,7,11-13,21-23H,4-6,8-10H2,1-2H3/q+1. The Morgan fingerprint density at radius 3 is 2.38 bits per heavy atom. The smallest absolute Gasteiger partial charge is 0.403 e. The fourth-order valence-corrected chi connectivity index (χ4v) is 4.26. The number of piperidine rings is 1. The third kappa shape index (κ3) is 4.35. The van der Waals surface area contributed by atoms with Crippen molar-refractivity contribution in [1.82, 2.24) is 4.98 Å². The summed E-state index contributed by atoms with van der Waals surface area (Å²) in [5, 5.41) is 1.02. The Morgan fingerprint density at radius 1 is 1.12 bits per heavy atom. The van der Waals surface area contributed by atoms with Crippen molar-refractivity contribution in [2.45, 2.75) is 19.3 Å². The highest BCUT2D eigenvalue weighted by Gasteiger charge is 2.31. The first-order chi connectivity index (χ1) is 12.4. The summed E-state index contributed by atoms with van der Waals surface area (Å²) in [6.45, 7) is 1.76. The Morgan fingerprint density at radius 2 is 1.77 bits per heavy atom. The topological polar surface area (TPSA) is 95.3 Å². The van der Waals surface area contributed by atoms with Crippen LogP contribution in [0.15, 0.2) is 24.4 Å². The molecule has 1 aliphatic heterocycles. The first-order valence-corrected chi connectivity index (χ1v) is 10.6. The molecule has 1 saturated heterocycles. The van der Waals surface area contributed by atoms with Crippen molar-refractivity contribution in [2.24, 2.45) is 5.92 Å². The number of pyridine rings is 1. The van der Waals surface area contributed by atoms with Gasteiger partial charge in [0, 0.05) is 36.4 Å². The van der Waals surface area contributed by atoms with E-state index in [4.69, 9.17) is 9.47 Å². The number of anilines is 1. The van der Waals surface area contributed by atoms with Gasteiger partial charge in [-0.1, -0.05) is 0 Å². The zero-order valence-electron chi connectivity index (χ0n) is 15.1. The van der Waals surface area contributed by atoms with E-state index in [2.05, 4.69) is 9.88 Å². The molecular formula is C18H26N2O5P+. The van der Waals surface area contributed by atoms with Crippen LogP contribution in [0, 0.1) is 5.92 Å². The Kier molecular flexibility index (Phi) is 5.82. The van der Waals surface area contributed by atoms with E-state index in [1.54, 1.807) is 20.4 Å². The van der Waals surface area contributed by atoms with Gasteiger partial charge in [0.05, 0.1) is 19.7 Å². The predicted molar refractivity (Wildman–Crippen MR) is 103 cm³/mol. The summed E-state index contributed by atoms with van der Waals surface area (Å²) in [4.78, 5) is 34.3. The predicted octanol–water partition coefficient (Wildman–Crippen LogP) is 2.60. The van der Waals surface area contributed by atoms with Crippen LogP contribution in [0.5, 0.6) is 11.5 Å². The number of hydrogen-bond donors (Lipinski definition) is 3. The molecule has 3 rings (SSSR count). The zero-order valence-corrected chi connectivity index (χ0v) is 16.0. The minimum Gasteiger partial charge on any atom is -0.493 e. The van der Waals surface area contributed by atoms with E-state index in [-0.39, 0.29) is 6.16 Å². The molecule has 142 valence electrons. The normalized spacial score (nSPS) is 16.1. The van der Waals surface area contributed by atoms with Crippen LogP contribution in [-0.2, 0) is 0 Å². The van der Waals surface area contributed by atoms with Gasteiger partial charge in [-0.25, -0.2) is 0 Å². The lowest BCUT2D eigenvalue weighted by Gasteiger charge is -2.34. The van der Waals surface area contributed by atoms with E-state index >= 15 is 0 Å². The number of ether oxygens (including phenoxy) is 2. The summed E-state index contributed by atoms with van der Waals surface area (Å²) < 4.78 is 10.8. The number of aromatic nitrogens is 1. The maximum absolute atomic E-state index is 9.17. The van der Waals surface area contributed by atoms with Crippen LogP contribution in [0.2, 0.25) is 0 Å². The average molecular weight is 381 g/mol. The van der Waals surface area contributed by atoms with Crippen molar-refractivity contribution in [3.63, 3.8) is 0 Å². The molecule has 1 fully saturated rings. The van der Waals surface area contributed by atoms with Gasteiger partial charge in [-0.3, -0.25) is 4.98 Å². The second-order valence-electron chi connectivity index (χ2n) is 6.69. The van der Waals surface area contributed by atoms with E-state index in [0.29, 0.717) is 23.8 Å². The van der Waals surface area contributed by atoms with Gasteiger partial charge in [0.15, 0.2) is 11.5 Å².